The maximum atomic E-state index is 12.8. The molecule has 2 aromatic rings. The highest BCUT2D eigenvalue weighted by molar-refractivity contribution is 5.88. The van der Waals surface area contributed by atoms with Crippen molar-refractivity contribution >= 4 is 17.5 Å². The Morgan fingerprint density at radius 1 is 1.04 bits per heavy atom. The second-order valence-corrected chi connectivity index (χ2v) is 6.96. The van der Waals surface area contributed by atoms with Crippen LogP contribution in [0.4, 0.5) is 5.69 Å². The summed E-state index contributed by atoms with van der Waals surface area (Å²) in [6.07, 6.45) is 4.65. The SMILES string of the molecule is CC(=O)Nc1ccc(CC(=O)N2CCCC2CCc2ccccc2)cc1. The van der Waals surface area contributed by atoms with E-state index in [2.05, 4.69) is 34.5 Å². The molecule has 0 bridgehead atoms. The molecule has 1 aliphatic rings. The largest absolute Gasteiger partial charge is 0.339 e. The van der Waals surface area contributed by atoms with Crippen LogP contribution in [0.3, 0.4) is 0 Å². The van der Waals surface area contributed by atoms with Crippen LogP contribution in [0.5, 0.6) is 0 Å². The Kier molecular flexibility index (Phi) is 6.05. The number of hydrogen-bond donors (Lipinski definition) is 1. The van der Waals surface area contributed by atoms with E-state index in [0.717, 1.165) is 43.5 Å². The van der Waals surface area contributed by atoms with Crippen LogP contribution in [0.1, 0.15) is 37.3 Å². The molecule has 1 heterocycles. The highest BCUT2D eigenvalue weighted by atomic mass is 16.2. The molecule has 2 amide bonds. The predicted octanol–water partition coefficient (Wildman–Crippen LogP) is 3.81. The Bertz CT molecular complexity index is 740. The summed E-state index contributed by atoms with van der Waals surface area (Å²) in [6, 6.07) is 18.3. The standard InChI is InChI=1S/C22H26N2O2/c1-17(25)23-20-12-9-19(10-13-20)16-22(26)24-15-5-8-21(24)14-11-18-6-3-2-4-7-18/h2-4,6-7,9-10,12-13,21H,5,8,11,14-16H2,1H3,(H,23,25). The van der Waals surface area contributed by atoms with E-state index < -0.39 is 0 Å². The lowest BCUT2D eigenvalue weighted by atomic mass is 10.0. The first-order valence-corrected chi connectivity index (χ1v) is 9.32. The van der Waals surface area contributed by atoms with Gasteiger partial charge in [0.15, 0.2) is 0 Å². The van der Waals surface area contributed by atoms with Crippen LogP contribution in [0.25, 0.3) is 0 Å². The average Bonchev–Trinajstić information content (AvgIpc) is 3.11. The minimum Gasteiger partial charge on any atom is -0.339 e. The highest BCUT2D eigenvalue weighted by Crippen LogP contribution is 2.23. The van der Waals surface area contributed by atoms with Gasteiger partial charge in [-0.15, -0.1) is 0 Å². The van der Waals surface area contributed by atoms with Crippen molar-refractivity contribution in [2.45, 2.75) is 45.1 Å². The van der Waals surface area contributed by atoms with Crippen LogP contribution >= 0.6 is 0 Å². The third kappa shape index (κ3) is 4.94. The molecule has 2 aromatic carbocycles. The molecule has 0 aliphatic carbocycles. The fourth-order valence-corrected chi connectivity index (χ4v) is 3.63. The summed E-state index contributed by atoms with van der Waals surface area (Å²) in [5, 5.41) is 2.75. The van der Waals surface area contributed by atoms with E-state index in [-0.39, 0.29) is 11.8 Å². The van der Waals surface area contributed by atoms with Gasteiger partial charge < -0.3 is 10.2 Å². The molecule has 1 N–H and O–H groups in total. The highest BCUT2D eigenvalue weighted by Gasteiger charge is 2.28. The topological polar surface area (TPSA) is 49.4 Å². The second-order valence-electron chi connectivity index (χ2n) is 6.96. The Balaban J connectivity index is 1.55. The first-order chi connectivity index (χ1) is 12.6. The van der Waals surface area contributed by atoms with Gasteiger partial charge in [0.1, 0.15) is 0 Å². The molecular formula is C22H26N2O2. The lowest BCUT2D eigenvalue weighted by Gasteiger charge is -2.25. The third-order valence-corrected chi connectivity index (χ3v) is 4.94. The van der Waals surface area contributed by atoms with E-state index in [1.807, 2.05) is 30.3 Å². The van der Waals surface area contributed by atoms with Gasteiger partial charge in [-0.2, -0.15) is 0 Å². The molecule has 0 saturated carbocycles. The smallest absolute Gasteiger partial charge is 0.227 e. The molecule has 4 nitrogen and oxygen atoms in total. The lowest BCUT2D eigenvalue weighted by molar-refractivity contribution is -0.131. The number of aryl methyl sites for hydroxylation is 1. The summed E-state index contributed by atoms with van der Waals surface area (Å²) in [7, 11) is 0. The summed E-state index contributed by atoms with van der Waals surface area (Å²) in [5.41, 5.74) is 3.08. The van der Waals surface area contributed by atoms with Crippen molar-refractivity contribution in [2.24, 2.45) is 0 Å². The Hall–Kier alpha value is -2.62. The van der Waals surface area contributed by atoms with Gasteiger partial charge in [0.25, 0.3) is 0 Å². The number of rotatable bonds is 6. The van der Waals surface area contributed by atoms with E-state index in [1.165, 1.54) is 12.5 Å². The number of carbonyl (C=O) groups excluding carboxylic acids is 2. The normalized spacial score (nSPS) is 16.5. The molecule has 1 aliphatic heterocycles. The molecule has 1 unspecified atom stereocenters. The predicted molar refractivity (Wildman–Crippen MR) is 104 cm³/mol. The van der Waals surface area contributed by atoms with Gasteiger partial charge in [0.2, 0.25) is 11.8 Å². The Morgan fingerprint density at radius 3 is 2.46 bits per heavy atom. The molecule has 0 spiro atoms. The lowest BCUT2D eigenvalue weighted by Crippen LogP contribution is -2.36. The summed E-state index contributed by atoms with van der Waals surface area (Å²) in [5.74, 6) is 0.111. The Labute approximate surface area is 155 Å². The molecule has 0 aromatic heterocycles. The zero-order chi connectivity index (χ0) is 18.4. The minimum absolute atomic E-state index is 0.0906. The van der Waals surface area contributed by atoms with Gasteiger partial charge in [-0.25, -0.2) is 0 Å². The average molecular weight is 350 g/mol. The first kappa shape index (κ1) is 18.2. The van der Waals surface area contributed by atoms with E-state index in [4.69, 9.17) is 0 Å². The number of anilines is 1. The first-order valence-electron chi connectivity index (χ1n) is 9.32. The number of amides is 2. The summed E-state index contributed by atoms with van der Waals surface area (Å²) in [6.45, 7) is 2.35. The molecule has 26 heavy (non-hydrogen) atoms. The van der Waals surface area contributed by atoms with Crippen LogP contribution in [-0.2, 0) is 22.4 Å². The van der Waals surface area contributed by atoms with E-state index in [9.17, 15) is 9.59 Å². The molecule has 1 fully saturated rings. The number of nitrogens with zero attached hydrogens (tertiary/aromatic N) is 1. The van der Waals surface area contributed by atoms with Crippen molar-refractivity contribution in [3.63, 3.8) is 0 Å². The number of likely N-dealkylation sites (tertiary alicyclic amines) is 1. The molecule has 1 atom stereocenters. The van der Waals surface area contributed by atoms with Gasteiger partial charge in [-0.3, -0.25) is 9.59 Å². The van der Waals surface area contributed by atoms with Crippen molar-refractivity contribution in [1.29, 1.82) is 0 Å². The van der Waals surface area contributed by atoms with Crippen molar-refractivity contribution in [3.8, 4) is 0 Å². The number of hydrogen-bond acceptors (Lipinski definition) is 2. The van der Waals surface area contributed by atoms with Crippen LogP contribution in [0.2, 0.25) is 0 Å². The molecule has 0 radical (unpaired) electrons. The summed E-state index contributed by atoms with van der Waals surface area (Å²) in [4.78, 5) is 25.9. The number of benzene rings is 2. The van der Waals surface area contributed by atoms with Crippen molar-refractivity contribution in [2.75, 3.05) is 11.9 Å². The van der Waals surface area contributed by atoms with Crippen molar-refractivity contribution < 1.29 is 9.59 Å². The van der Waals surface area contributed by atoms with Gasteiger partial charge in [-0.1, -0.05) is 42.5 Å². The van der Waals surface area contributed by atoms with Crippen LogP contribution < -0.4 is 5.32 Å². The van der Waals surface area contributed by atoms with Gasteiger partial charge in [0.05, 0.1) is 6.42 Å². The fourth-order valence-electron chi connectivity index (χ4n) is 3.63. The van der Waals surface area contributed by atoms with Gasteiger partial charge >= 0.3 is 0 Å². The van der Waals surface area contributed by atoms with E-state index in [1.54, 1.807) is 0 Å². The van der Waals surface area contributed by atoms with Gasteiger partial charge in [0, 0.05) is 25.2 Å². The zero-order valence-corrected chi connectivity index (χ0v) is 15.3. The van der Waals surface area contributed by atoms with Crippen molar-refractivity contribution in [3.05, 3.63) is 65.7 Å². The summed E-state index contributed by atoms with van der Waals surface area (Å²) >= 11 is 0. The minimum atomic E-state index is -0.0906. The van der Waals surface area contributed by atoms with Crippen molar-refractivity contribution in [1.82, 2.24) is 4.90 Å². The summed E-state index contributed by atoms with van der Waals surface area (Å²) < 4.78 is 0. The van der Waals surface area contributed by atoms with Crippen LogP contribution in [-0.4, -0.2) is 29.3 Å². The molecule has 1 saturated heterocycles. The quantitative estimate of drug-likeness (QED) is 0.861. The van der Waals surface area contributed by atoms with Gasteiger partial charge in [-0.05, 0) is 48.9 Å². The number of nitrogens with one attached hydrogen (secondary N) is 1. The third-order valence-electron chi connectivity index (χ3n) is 4.94. The Morgan fingerprint density at radius 2 is 1.77 bits per heavy atom. The van der Waals surface area contributed by atoms with E-state index >= 15 is 0 Å². The molecule has 4 heteroatoms. The maximum Gasteiger partial charge on any atom is 0.227 e. The fraction of sp³-hybridized carbons (Fsp3) is 0.364. The van der Waals surface area contributed by atoms with Crippen LogP contribution in [0, 0.1) is 0 Å². The molecule has 136 valence electrons. The molecular weight excluding hydrogens is 324 g/mol. The van der Waals surface area contributed by atoms with Crippen LogP contribution in [0.15, 0.2) is 54.6 Å². The monoisotopic (exact) mass is 350 g/mol. The zero-order valence-electron chi connectivity index (χ0n) is 15.3. The second kappa shape index (κ2) is 8.65. The molecule has 3 rings (SSSR count). The maximum absolute atomic E-state index is 12.8. The van der Waals surface area contributed by atoms with E-state index in [0.29, 0.717) is 12.5 Å². The number of carbonyl (C=O) groups is 2.